The van der Waals surface area contributed by atoms with Crippen LogP contribution >= 0.6 is 11.3 Å². The molecule has 2 aliphatic rings. The van der Waals surface area contributed by atoms with E-state index < -0.39 is 22.0 Å². The molecule has 0 radical (unpaired) electrons. The van der Waals surface area contributed by atoms with Gasteiger partial charge in [0.25, 0.3) is 5.91 Å². The van der Waals surface area contributed by atoms with E-state index >= 15 is 0 Å². The molecule has 12 heteroatoms. The molecule has 3 heterocycles. The number of hydrogen-bond donors (Lipinski definition) is 4. The number of rotatable bonds is 6. The number of carbonyl (C=O) groups is 2. The van der Waals surface area contributed by atoms with E-state index in [2.05, 4.69) is 20.9 Å². The summed E-state index contributed by atoms with van der Waals surface area (Å²) in [7, 11) is -3.83. The Labute approximate surface area is 189 Å². The largest absolute Gasteiger partial charge is 0.347 e. The fourth-order valence-electron chi connectivity index (χ4n) is 3.68. The van der Waals surface area contributed by atoms with Crippen LogP contribution in [0.2, 0.25) is 0 Å². The first kappa shape index (κ1) is 22.1. The Morgan fingerprint density at radius 2 is 2.22 bits per heavy atom. The summed E-state index contributed by atoms with van der Waals surface area (Å²) in [5.41, 5.74) is 0.371. The lowest BCUT2D eigenvalue weighted by molar-refractivity contribution is -0.120. The smallest absolute Gasteiger partial charge is 0.251 e. The SMILES string of the molecule is N=C/C=C\Nc1ncc(CNC(=O)c2ccc3c(c2)NC(=O)C2CCCCN2S3(=O)=O)s1. The van der Waals surface area contributed by atoms with Crippen molar-refractivity contribution in [2.75, 3.05) is 17.2 Å². The molecule has 1 aromatic heterocycles. The lowest BCUT2D eigenvalue weighted by Gasteiger charge is -2.31. The predicted octanol–water partition coefficient (Wildman–Crippen LogP) is 2.14. The molecule has 168 valence electrons. The van der Waals surface area contributed by atoms with E-state index in [0.717, 1.165) is 17.5 Å². The summed E-state index contributed by atoms with van der Waals surface area (Å²) >= 11 is 1.35. The summed E-state index contributed by atoms with van der Waals surface area (Å²) in [5, 5.41) is 16.0. The van der Waals surface area contributed by atoms with E-state index in [1.54, 1.807) is 12.4 Å². The van der Waals surface area contributed by atoms with Crippen molar-refractivity contribution < 1.29 is 18.0 Å². The lowest BCUT2D eigenvalue weighted by atomic mass is 10.0. The molecule has 0 aliphatic carbocycles. The summed E-state index contributed by atoms with van der Waals surface area (Å²) in [6, 6.07) is 3.51. The summed E-state index contributed by atoms with van der Waals surface area (Å²) < 4.78 is 27.5. The topological polar surface area (TPSA) is 144 Å². The number of allylic oxidation sites excluding steroid dienone is 1. The number of sulfonamides is 1. The molecule has 2 amide bonds. The van der Waals surface area contributed by atoms with Gasteiger partial charge < -0.3 is 21.4 Å². The van der Waals surface area contributed by atoms with Gasteiger partial charge in [0.05, 0.1) is 12.2 Å². The highest BCUT2D eigenvalue weighted by Gasteiger charge is 2.41. The summed E-state index contributed by atoms with van der Waals surface area (Å²) in [4.78, 5) is 30.3. The van der Waals surface area contributed by atoms with Gasteiger partial charge in [-0.05, 0) is 37.1 Å². The van der Waals surface area contributed by atoms with Crippen LogP contribution in [0.25, 0.3) is 0 Å². The summed E-state index contributed by atoms with van der Waals surface area (Å²) in [5.74, 6) is -0.764. The van der Waals surface area contributed by atoms with Crippen molar-refractivity contribution >= 4 is 50.2 Å². The summed E-state index contributed by atoms with van der Waals surface area (Å²) in [6.07, 6.45) is 7.86. The number of aromatic nitrogens is 1. The average Bonchev–Trinajstić information content (AvgIpc) is 3.22. The third-order valence-corrected chi connectivity index (χ3v) is 8.11. The molecule has 1 saturated heterocycles. The molecule has 1 atom stereocenters. The average molecular weight is 475 g/mol. The van der Waals surface area contributed by atoms with Gasteiger partial charge >= 0.3 is 0 Å². The molecule has 1 aromatic carbocycles. The van der Waals surface area contributed by atoms with E-state index in [-0.39, 0.29) is 28.6 Å². The van der Waals surface area contributed by atoms with Gasteiger partial charge in [0, 0.05) is 35.6 Å². The monoisotopic (exact) mass is 474 g/mol. The van der Waals surface area contributed by atoms with Gasteiger partial charge in [-0.15, -0.1) is 0 Å². The maximum atomic E-state index is 13.1. The Bertz CT molecular complexity index is 1190. The third kappa shape index (κ3) is 4.42. The molecule has 2 aliphatic heterocycles. The van der Waals surface area contributed by atoms with Crippen LogP contribution < -0.4 is 16.0 Å². The van der Waals surface area contributed by atoms with E-state index in [0.29, 0.717) is 24.5 Å². The van der Waals surface area contributed by atoms with Crippen LogP contribution in [-0.4, -0.2) is 48.3 Å². The molecule has 4 N–H and O–H groups in total. The number of nitrogens with one attached hydrogen (secondary N) is 4. The van der Waals surface area contributed by atoms with E-state index in [4.69, 9.17) is 5.41 Å². The van der Waals surface area contributed by atoms with Gasteiger partial charge in [-0.2, -0.15) is 4.31 Å². The zero-order chi connectivity index (χ0) is 22.7. The fourth-order valence-corrected chi connectivity index (χ4v) is 6.20. The molecule has 2 aromatic rings. The van der Waals surface area contributed by atoms with Crippen molar-refractivity contribution in [1.82, 2.24) is 14.6 Å². The first-order chi connectivity index (χ1) is 15.4. The standard InChI is InChI=1S/C20H22N6O4S2/c21-7-3-8-22-20-24-12-14(31-20)11-23-18(27)13-5-6-17-15(10-13)25-19(28)16-4-1-2-9-26(16)32(17,29)30/h3,5-8,10,12,16,21H,1-2,4,9,11H2,(H,22,24)(H,23,27)(H,25,28)/b8-3-,21-7?. The van der Waals surface area contributed by atoms with Crippen LogP contribution in [0.3, 0.4) is 0 Å². The first-order valence-corrected chi connectivity index (χ1v) is 12.3. The molecule has 1 fully saturated rings. The molecule has 0 spiro atoms. The first-order valence-electron chi connectivity index (χ1n) is 10.0. The van der Waals surface area contributed by atoms with E-state index in [1.165, 1.54) is 39.9 Å². The Morgan fingerprint density at radius 1 is 1.38 bits per heavy atom. The number of fused-ring (bicyclic) bond motifs is 2. The number of anilines is 2. The maximum absolute atomic E-state index is 13.1. The van der Waals surface area contributed by atoms with Crippen molar-refractivity contribution in [3.63, 3.8) is 0 Å². The molecule has 4 rings (SSSR count). The minimum Gasteiger partial charge on any atom is -0.347 e. The highest BCUT2D eigenvalue weighted by Crippen LogP contribution is 2.34. The molecular formula is C20H22N6O4S2. The van der Waals surface area contributed by atoms with Gasteiger partial charge in [-0.1, -0.05) is 17.8 Å². The summed E-state index contributed by atoms with van der Waals surface area (Å²) in [6.45, 7) is 0.551. The van der Waals surface area contributed by atoms with Crippen LogP contribution in [0, 0.1) is 5.41 Å². The third-order valence-electron chi connectivity index (χ3n) is 5.22. The molecule has 0 bridgehead atoms. The Kier molecular flexibility index (Phi) is 6.35. The second kappa shape index (κ2) is 9.18. The van der Waals surface area contributed by atoms with Crippen LogP contribution in [0.4, 0.5) is 10.8 Å². The van der Waals surface area contributed by atoms with Gasteiger partial charge in [0.1, 0.15) is 10.9 Å². The highest BCUT2D eigenvalue weighted by atomic mass is 32.2. The van der Waals surface area contributed by atoms with Crippen LogP contribution in [0.1, 0.15) is 34.5 Å². The normalized spacial score (nSPS) is 20.0. The number of carbonyl (C=O) groups excluding carboxylic acids is 2. The fraction of sp³-hybridized carbons (Fsp3) is 0.300. The number of amides is 2. The van der Waals surface area contributed by atoms with Crippen molar-refractivity contribution in [1.29, 1.82) is 5.41 Å². The lowest BCUT2D eigenvalue weighted by Crippen LogP contribution is -2.47. The second-order valence-corrected chi connectivity index (χ2v) is 10.3. The number of thiazole rings is 1. The minimum atomic E-state index is -3.83. The highest BCUT2D eigenvalue weighted by molar-refractivity contribution is 7.89. The quantitative estimate of drug-likeness (QED) is 0.472. The number of benzene rings is 1. The van der Waals surface area contributed by atoms with Gasteiger partial charge in [-0.25, -0.2) is 13.4 Å². The van der Waals surface area contributed by atoms with Crippen molar-refractivity contribution in [2.24, 2.45) is 0 Å². The van der Waals surface area contributed by atoms with Crippen molar-refractivity contribution in [2.45, 2.75) is 36.7 Å². The molecular weight excluding hydrogens is 452 g/mol. The second-order valence-electron chi connectivity index (χ2n) is 7.31. The Hall–Kier alpha value is -3.09. The molecule has 10 nitrogen and oxygen atoms in total. The Morgan fingerprint density at radius 3 is 3.03 bits per heavy atom. The van der Waals surface area contributed by atoms with Crippen LogP contribution in [-0.2, 0) is 21.4 Å². The number of hydrogen-bond acceptors (Lipinski definition) is 8. The number of nitrogens with zero attached hydrogens (tertiary/aromatic N) is 2. The van der Waals surface area contributed by atoms with Gasteiger partial charge in [0.15, 0.2) is 5.13 Å². The van der Waals surface area contributed by atoms with Gasteiger partial charge in [-0.3, -0.25) is 9.59 Å². The van der Waals surface area contributed by atoms with Gasteiger partial charge in [0.2, 0.25) is 15.9 Å². The predicted molar refractivity (Wildman–Crippen MR) is 121 cm³/mol. The number of piperidine rings is 1. The molecule has 0 saturated carbocycles. The van der Waals surface area contributed by atoms with Crippen molar-refractivity contribution in [3.05, 3.63) is 47.1 Å². The molecule has 32 heavy (non-hydrogen) atoms. The maximum Gasteiger partial charge on any atom is 0.251 e. The van der Waals surface area contributed by atoms with Crippen molar-refractivity contribution in [3.8, 4) is 0 Å². The van der Waals surface area contributed by atoms with E-state index in [1.807, 2.05) is 0 Å². The zero-order valence-electron chi connectivity index (χ0n) is 17.0. The molecule has 1 unspecified atom stereocenters. The Balaban J connectivity index is 1.49. The zero-order valence-corrected chi connectivity index (χ0v) is 18.6. The minimum absolute atomic E-state index is 0.00273. The van der Waals surface area contributed by atoms with E-state index in [9.17, 15) is 18.0 Å². The van der Waals surface area contributed by atoms with Crippen LogP contribution in [0.15, 0.2) is 41.6 Å². The van der Waals surface area contributed by atoms with Crippen LogP contribution in [0.5, 0.6) is 0 Å².